The van der Waals surface area contributed by atoms with E-state index in [-0.39, 0.29) is 21.1 Å². The number of hydrogen-bond acceptors (Lipinski definition) is 5. The van der Waals surface area contributed by atoms with Crippen molar-refractivity contribution in [3.8, 4) is 5.88 Å². The lowest BCUT2D eigenvalue weighted by Crippen LogP contribution is -2.17. The number of nitrogens with two attached hydrogens (primary N) is 1. The van der Waals surface area contributed by atoms with Crippen molar-refractivity contribution in [1.82, 2.24) is 4.98 Å². The van der Waals surface area contributed by atoms with Gasteiger partial charge in [0.25, 0.3) is 10.0 Å². The number of aryl methyl sites for hydroxylation is 1. The highest BCUT2D eigenvalue weighted by atomic mass is 79.9. The molecule has 1 aromatic heterocycles. The molecule has 0 aliphatic heterocycles. The van der Waals surface area contributed by atoms with Crippen LogP contribution in [0.4, 0.5) is 10.5 Å². The lowest BCUT2D eigenvalue weighted by molar-refractivity contribution is 0.209. The normalized spacial score (nSPS) is 11.0. The van der Waals surface area contributed by atoms with Gasteiger partial charge in [-0.2, -0.15) is 0 Å². The third-order valence-corrected chi connectivity index (χ3v) is 4.59. The van der Waals surface area contributed by atoms with E-state index in [1.54, 1.807) is 12.1 Å². The average molecular weight is 386 g/mol. The highest BCUT2D eigenvalue weighted by Crippen LogP contribution is 2.26. The van der Waals surface area contributed by atoms with Crippen LogP contribution in [-0.2, 0) is 10.0 Å². The van der Waals surface area contributed by atoms with E-state index in [4.69, 9.17) is 5.73 Å². The van der Waals surface area contributed by atoms with Crippen LogP contribution < -0.4 is 15.2 Å². The molecule has 0 fully saturated rings. The zero-order chi connectivity index (χ0) is 16.3. The van der Waals surface area contributed by atoms with Crippen molar-refractivity contribution in [3.63, 3.8) is 0 Å². The van der Waals surface area contributed by atoms with Crippen molar-refractivity contribution in [3.05, 3.63) is 46.6 Å². The molecule has 0 aliphatic rings. The quantitative estimate of drug-likeness (QED) is 0.784. The summed E-state index contributed by atoms with van der Waals surface area (Å²) >= 11 is 3.10. The third-order valence-electron chi connectivity index (χ3n) is 2.60. The Morgan fingerprint density at radius 3 is 2.41 bits per heavy atom. The first-order chi connectivity index (χ1) is 10.3. The predicted molar refractivity (Wildman–Crippen MR) is 84.1 cm³/mol. The van der Waals surface area contributed by atoms with Crippen LogP contribution >= 0.6 is 15.9 Å². The minimum Gasteiger partial charge on any atom is -0.391 e. The number of sulfonamides is 1. The molecule has 0 unspecified atom stereocenters. The SMILES string of the molecule is Cc1ccc(S(=O)(=O)Nc2ccc(OC(N)=O)nc2Br)cc1. The molecule has 116 valence electrons. The Morgan fingerprint density at radius 2 is 1.86 bits per heavy atom. The van der Waals surface area contributed by atoms with Crippen LogP contribution in [0.25, 0.3) is 0 Å². The molecule has 2 aromatic rings. The number of anilines is 1. The number of ether oxygens (including phenoxy) is 1. The van der Waals surface area contributed by atoms with Gasteiger partial charge in [0, 0.05) is 6.07 Å². The maximum atomic E-state index is 12.3. The molecular formula is C13H12BrN3O4S. The van der Waals surface area contributed by atoms with Gasteiger partial charge < -0.3 is 10.5 Å². The van der Waals surface area contributed by atoms with E-state index in [1.807, 2.05) is 6.92 Å². The third kappa shape index (κ3) is 3.95. The Bertz CT molecular complexity index is 807. The number of nitrogens with zero attached hydrogens (tertiary/aromatic N) is 1. The predicted octanol–water partition coefficient (Wildman–Crippen LogP) is 2.41. The highest BCUT2D eigenvalue weighted by molar-refractivity contribution is 9.10. The van der Waals surface area contributed by atoms with Crippen LogP contribution in [0, 0.1) is 6.92 Å². The van der Waals surface area contributed by atoms with Crippen molar-refractivity contribution in [2.45, 2.75) is 11.8 Å². The lowest BCUT2D eigenvalue weighted by Gasteiger charge is -2.10. The highest BCUT2D eigenvalue weighted by Gasteiger charge is 2.16. The van der Waals surface area contributed by atoms with E-state index in [0.717, 1.165) is 5.56 Å². The van der Waals surface area contributed by atoms with Crippen LogP contribution in [0.15, 0.2) is 45.9 Å². The minimum absolute atomic E-state index is 0.0438. The van der Waals surface area contributed by atoms with Gasteiger partial charge in [-0.05, 0) is 41.1 Å². The number of aromatic nitrogens is 1. The van der Waals surface area contributed by atoms with E-state index in [2.05, 4.69) is 30.4 Å². The van der Waals surface area contributed by atoms with Gasteiger partial charge in [-0.25, -0.2) is 18.2 Å². The molecule has 0 saturated heterocycles. The summed E-state index contributed by atoms with van der Waals surface area (Å²) in [6.45, 7) is 1.86. The van der Waals surface area contributed by atoms with Gasteiger partial charge >= 0.3 is 6.09 Å². The first-order valence-electron chi connectivity index (χ1n) is 6.01. The molecule has 0 atom stereocenters. The molecule has 1 heterocycles. The number of nitrogens with one attached hydrogen (secondary N) is 1. The molecule has 0 saturated carbocycles. The van der Waals surface area contributed by atoms with E-state index >= 15 is 0 Å². The van der Waals surface area contributed by atoms with Gasteiger partial charge in [0.1, 0.15) is 4.60 Å². The second-order valence-corrected chi connectivity index (χ2v) is 6.76. The molecule has 0 radical (unpaired) electrons. The van der Waals surface area contributed by atoms with E-state index < -0.39 is 16.1 Å². The summed E-state index contributed by atoms with van der Waals surface area (Å²) in [5, 5.41) is 0. The summed E-state index contributed by atoms with van der Waals surface area (Å²) < 4.78 is 31.7. The molecule has 0 aliphatic carbocycles. The number of halogens is 1. The van der Waals surface area contributed by atoms with Gasteiger partial charge in [0.2, 0.25) is 5.88 Å². The summed E-state index contributed by atoms with van der Waals surface area (Å²) in [7, 11) is -3.74. The van der Waals surface area contributed by atoms with Gasteiger partial charge in [0.15, 0.2) is 0 Å². The fourth-order valence-electron chi connectivity index (χ4n) is 1.57. The maximum Gasteiger partial charge on any atom is 0.411 e. The fourth-order valence-corrected chi connectivity index (χ4v) is 3.18. The second-order valence-electron chi connectivity index (χ2n) is 4.33. The van der Waals surface area contributed by atoms with Crippen LogP contribution in [0.1, 0.15) is 5.56 Å². The zero-order valence-corrected chi connectivity index (χ0v) is 13.8. The molecule has 3 N–H and O–H groups in total. The monoisotopic (exact) mass is 385 g/mol. The van der Waals surface area contributed by atoms with Crippen molar-refractivity contribution >= 4 is 37.7 Å². The molecular weight excluding hydrogens is 374 g/mol. The van der Waals surface area contributed by atoms with Crippen LogP contribution in [0.2, 0.25) is 0 Å². The molecule has 1 aromatic carbocycles. The number of carbonyl (C=O) groups excluding carboxylic acids is 1. The van der Waals surface area contributed by atoms with Crippen molar-refractivity contribution < 1.29 is 17.9 Å². The Hall–Kier alpha value is -2.13. The molecule has 0 spiro atoms. The Kier molecular flexibility index (Phi) is 4.67. The summed E-state index contributed by atoms with van der Waals surface area (Å²) in [5.41, 5.74) is 6.03. The van der Waals surface area contributed by atoms with Crippen molar-refractivity contribution in [2.24, 2.45) is 5.73 Å². The topological polar surface area (TPSA) is 111 Å². The molecule has 2 rings (SSSR count). The minimum atomic E-state index is -3.74. The summed E-state index contributed by atoms with van der Waals surface area (Å²) in [4.78, 5) is 14.6. The van der Waals surface area contributed by atoms with Crippen molar-refractivity contribution in [1.29, 1.82) is 0 Å². The molecule has 22 heavy (non-hydrogen) atoms. The summed E-state index contributed by atoms with van der Waals surface area (Å²) in [6, 6.07) is 9.13. The number of carbonyl (C=O) groups is 1. The number of rotatable bonds is 4. The van der Waals surface area contributed by atoms with Gasteiger partial charge in [0.05, 0.1) is 10.6 Å². The van der Waals surface area contributed by atoms with E-state index in [0.29, 0.717) is 0 Å². The maximum absolute atomic E-state index is 12.3. The number of benzene rings is 1. The van der Waals surface area contributed by atoms with Gasteiger partial charge in [-0.3, -0.25) is 4.72 Å². The van der Waals surface area contributed by atoms with E-state index in [1.165, 1.54) is 24.3 Å². The molecule has 7 nitrogen and oxygen atoms in total. The Labute approximate surface area is 135 Å². The Morgan fingerprint density at radius 1 is 1.23 bits per heavy atom. The number of pyridine rings is 1. The molecule has 1 amide bonds. The lowest BCUT2D eigenvalue weighted by atomic mass is 10.2. The largest absolute Gasteiger partial charge is 0.411 e. The van der Waals surface area contributed by atoms with Crippen LogP contribution in [-0.4, -0.2) is 19.5 Å². The van der Waals surface area contributed by atoms with Gasteiger partial charge in [-0.15, -0.1) is 0 Å². The number of primary amides is 1. The van der Waals surface area contributed by atoms with Crippen molar-refractivity contribution in [2.75, 3.05) is 4.72 Å². The zero-order valence-electron chi connectivity index (χ0n) is 11.4. The molecule has 0 bridgehead atoms. The summed E-state index contributed by atoms with van der Waals surface area (Å²) in [5.74, 6) is -0.0438. The molecule has 9 heteroatoms. The van der Waals surface area contributed by atoms with Crippen LogP contribution in [0.5, 0.6) is 5.88 Å². The van der Waals surface area contributed by atoms with Crippen LogP contribution in [0.3, 0.4) is 0 Å². The second kappa shape index (κ2) is 6.32. The smallest absolute Gasteiger partial charge is 0.391 e. The van der Waals surface area contributed by atoms with E-state index in [9.17, 15) is 13.2 Å². The first kappa shape index (κ1) is 16.2. The average Bonchev–Trinajstić information content (AvgIpc) is 2.41. The number of hydrogen-bond donors (Lipinski definition) is 2. The Balaban J connectivity index is 2.26. The first-order valence-corrected chi connectivity index (χ1v) is 8.29. The summed E-state index contributed by atoms with van der Waals surface area (Å²) in [6.07, 6.45) is -1.01. The number of amides is 1. The fraction of sp³-hybridized carbons (Fsp3) is 0.0769. The van der Waals surface area contributed by atoms with Gasteiger partial charge in [-0.1, -0.05) is 17.7 Å². The standard InChI is InChI=1S/C13H12BrN3O4S/c1-8-2-4-9(5-3-8)22(19,20)17-10-6-7-11(16-12(10)14)21-13(15)18/h2-7,17H,1H3,(H2,15,18).